The zero-order chi connectivity index (χ0) is 21.0. The lowest BCUT2D eigenvalue weighted by atomic mass is 10.0. The normalized spacial score (nSPS) is 14.8. The monoisotopic (exact) mass is 448 g/mol. The van der Waals surface area contributed by atoms with Gasteiger partial charge in [-0.1, -0.05) is 20.8 Å². The van der Waals surface area contributed by atoms with Crippen molar-refractivity contribution in [3.63, 3.8) is 0 Å². The first-order chi connectivity index (χ1) is 13.9. The molecule has 0 atom stereocenters. The van der Waals surface area contributed by atoms with Crippen molar-refractivity contribution in [3.05, 3.63) is 34.3 Å². The van der Waals surface area contributed by atoms with Crippen LogP contribution in [0, 0.1) is 30.1 Å². The average molecular weight is 449 g/mol. The number of rotatable bonds is 6. The molecule has 6 nitrogen and oxygen atoms in total. The number of nitriles is 1. The Labute approximate surface area is 188 Å². The van der Waals surface area contributed by atoms with E-state index in [1.807, 2.05) is 24.1 Å². The van der Waals surface area contributed by atoms with Crippen LogP contribution < -0.4 is 10.2 Å². The van der Waals surface area contributed by atoms with E-state index in [-0.39, 0.29) is 18.3 Å². The summed E-state index contributed by atoms with van der Waals surface area (Å²) in [4.78, 5) is 17.9. The Hall–Kier alpha value is -2.14. The fourth-order valence-electron chi connectivity index (χ4n) is 3.18. The van der Waals surface area contributed by atoms with Gasteiger partial charge in [-0.3, -0.25) is 10.2 Å². The van der Waals surface area contributed by atoms with Crippen molar-refractivity contribution in [2.24, 2.45) is 11.8 Å². The summed E-state index contributed by atoms with van der Waals surface area (Å²) in [5.41, 5.74) is 5.01. The van der Waals surface area contributed by atoms with Gasteiger partial charge in [0.15, 0.2) is 0 Å². The standard InChI is InChI=1S/C22H28N4O2S.ClH/c1-14(2)13-28-19-6-5-17(11-18(19)12-23)22-24-16(4)20(29-22)21(27)25-26-9-7-15(3)8-10-26;/h5-6,11,14-15H,7-10,13H2,1-4H3,(H,25,27);1H. The molecule has 30 heavy (non-hydrogen) atoms. The van der Waals surface area contributed by atoms with E-state index in [1.165, 1.54) is 11.3 Å². The Balaban J connectivity index is 0.00000320. The van der Waals surface area contributed by atoms with Gasteiger partial charge in [0, 0.05) is 18.7 Å². The summed E-state index contributed by atoms with van der Waals surface area (Å²) in [5.74, 6) is 1.56. The van der Waals surface area contributed by atoms with Gasteiger partial charge < -0.3 is 4.74 Å². The summed E-state index contributed by atoms with van der Waals surface area (Å²) >= 11 is 1.35. The van der Waals surface area contributed by atoms with E-state index in [0.717, 1.165) is 36.5 Å². The van der Waals surface area contributed by atoms with Crippen LogP contribution in [0.2, 0.25) is 0 Å². The molecule has 1 aromatic carbocycles. The Morgan fingerprint density at radius 3 is 2.73 bits per heavy atom. The van der Waals surface area contributed by atoms with Crippen molar-refractivity contribution in [1.82, 2.24) is 15.4 Å². The van der Waals surface area contributed by atoms with Crippen molar-refractivity contribution < 1.29 is 9.53 Å². The van der Waals surface area contributed by atoms with Crippen molar-refractivity contribution in [2.45, 2.75) is 40.5 Å². The van der Waals surface area contributed by atoms with Crippen LogP contribution >= 0.6 is 23.7 Å². The third-order valence-corrected chi connectivity index (χ3v) is 6.17. The maximum atomic E-state index is 12.7. The zero-order valence-electron chi connectivity index (χ0n) is 17.9. The summed E-state index contributed by atoms with van der Waals surface area (Å²) in [5, 5.41) is 12.2. The molecule has 1 aromatic heterocycles. The largest absolute Gasteiger partial charge is 0.492 e. The van der Waals surface area contributed by atoms with Gasteiger partial charge in [-0.2, -0.15) is 5.26 Å². The molecule has 1 aliphatic rings. The van der Waals surface area contributed by atoms with Gasteiger partial charge in [-0.25, -0.2) is 9.99 Å². The number of aromatic nitrogens is 1. The van der Waals surface area contributed by atoms with Gasteiger partial charge in [-0.05, 0) is 49.8 Å². The topological polar surface area (TPSA) is 78.2 Å². The minimum atomic E-state index is -0.113. The quantitative estimate of drug-likeness (QED) is 0.685. The number of aryl methyl sites for hydroxylation is 1. The Bertz CT molecular complexity index is 914. The lowest BCUT2D eigenvalue weighted by Crippen LogP contribution is -2.46. The Kier molecular flexibility index (Phi) is 8.65. The SMILES string of the molecule is Cc1nc(-c2ccc(OCC(C)C)c(C#N)c2)sc1C(=O)NN1CCC(C)CC1.Cl. The molecule has 2 aromatic rings. The number of thiazole rings is 1. The Morgan fingerprint density at radius 1 is 1.40 bits per heavy atom. The summed E-state index contributed by atoms with van der Waals surface area (Å²) in [7, 11) is 0. The van der Waals surface area contributed by atoms with Crippen LogP contribution in [0.15, 0.2) is 18.2 Å². The second-order valence-corrected chi connectivity index (χ2v) is 9.07. The van der Waals surface area contributed by atoms with Crippen LogP contribution in [0.1, 0.15) is 54.5 Å². The van der Waals surface area contributed by atoms with Crippen molar-refractivity contribution in [2.75, 3.05) is 19.7 Å². The maximum absolute atomic E-state index is 12.7. The third-order valence-electron chi connectivity index (χ3n) is 4.97. The number of hydrogen-bond acceptors (Lipinski definition) is 6. The van der Waals surface area contributed by atoms with E-state index in [2.05, 4.69) is 37.3 Å². The van der Waals surface area contributed by atoms with Crippen LogP contribution in [-0.2, 0) is 0 Å². The predicted octanol–water partition coefficient (Wildman–Crippen LogP) is 4.82. The number of carbonyl (C=O) groups is 1. The van der Waals surface area contributed by atoms with Gasteiger partial charge in [0.1, 0.15) is 21.7 Å². The highest BCUT2D eigenvalue weighted by Crippen LogP contribution is 2.31. The first kappa shape index (κ1) is 24.1. The van der Waals surface area contributed by atoms with E-state index < -0.39 is 0 Å². The van der Waals surface area contributed by atoms with Crippen LogP contribution in [0.25, 0.3) is 10.6 Å². The van der Waals surface area contributed by atoms with E-state index in [0.29, 0.717) is 40.3 Å². The number of ether oxygens (including phenoxy) is 1. The number of hydrazine groups is 1. The van der Waals surface area contributed by atoms with Crippen LogP contribution in [0.3, 0.4) is 0 Å². The highest BCUT2D eigenvalue weighted by molar-refractivity contribution is 7.17. The van der Waals surface area contributed by atoms with Crippen molar-refractivity contribution in [3.8, 4) is 22.4 Å². The summed E-state index contributed by atoms with van der Waals surface area (Å²) < 4.78 is 5.73. The first-order valence-electron chi connectivity index (χ1n) is 10.1. The second kappa shape index (κ2) is 10.8. The fraction of sp³-hybridized carbons (Fsp3) is 0.500. The lowest BCUT2D eigenvalue weighted by Gasteiger charge is -2.30. The van der Waals surface area contributed by atoms with Crippen molar-refractivity contribution >= 4 is 29.7 Å². The summed E-state index contributed by atoms with van der Waals surface area (Å²) in [6.45, 7) is 10.5. The number of amides is 1. The molecule has 1 fully saturated rings. The van der Waals surface area contributed by atoms with Crippen LogP contribution in [0.5, 0.6) is 5.75 Å². The number of nitrogens with one attached hydrogen (secondary N) is 1. The fourth-order valence-corrected chi connectivity index (χ4v) is 4.13. The number of piperidine rings is 1. The van der Waals surface area contributed by atoms with Gasteiger partial charge in [0.05, 0.1) is 17.9 Å². The summed E-state index contributed by atoms with van der Waals surface area (Å²) in [6, 6.07) is 7.68. The van der Waals surface area contributed by atoms with E-state index in [1.54, 1.807) is 6.07 Å². The maximum Gasteiger partial charge on any atom is 0.277 e. The third kappa shape index (κ3) is 5.94. The summed E-state index contributed by atoms with van der Waals surface area (Å²) in [6.07, 6.45) is 2.19. The molecule has 1 N–H and O–H groups in total. The Morgan fingerprint density at radius 2 is 2.10 bits per heavy atom. The molecule has 0 unspecified atom stereocenters. The molecule has 0 radical (unpaired) electrons. The molecule has 162 valence electrons. The molecule has 8 heteroatoms. The molecule has 0 spiro atoms. The van der Waals surface area contributed by atoms with Crippen molar-refractivity contribution in [1.29, 1.82) is 5.26 Å². The molecule has 2 heterocycles. The van der Waals surface area contributed by atoms with Gasteiger partial charge >= 0.3 is 0 Å². The first-order valence-corrected chi connectivity index (χ1v) is 10.9. The molecule has 1 aliphatic heterocycles. The molecular formula is C22H29ClN4O2S. The lowest BCUT2D eigenvalue weighted by molar-refractivity contribution is 0.0715. The van der Waals surface area contributed by atoms with Crippen LogP contribution in [-0.4, -0.2) is 35.6 Å². The number of nitrogens with zero attached hydrogens (tertiary/aromatic N) is 3. The number of carbonyl (C=O) groups excluding carboxylic acids is 1. The minimum Gasteiger partial charge on any atom is -0.492 e. The van der Waals surface area contributed by atoms with E-state index in [9.17, 15) is 10.1 Å². The molecular weight excluding hydrogens is 420 g/mol. The number of hydrogen-bond donors (Lipinski definition) is 1. The minimum absolute atomic E-state index is 0. The molecule has 1 saturated heterocycles. The molecule has 0 saturated carbocycles. The highest BCUT2D eigenvalue weighted by atomic mass is 35.5. The smallest absolute Gasteiger partial charge is 0.277 e. The van der Waals surface area contributed by atoms with Gasteiger partial charge in [-0.15, -0.1) is 23.7 Å². The average Bonchev–Trinajstić information content (AvgIpc) is 3.09. The molecule has 0 bridgehead atoms. The molecule has 3 rings (SSSR count). The second-order valence-electron chi connectivity index (χ2n) is 8.07. The number of benzene rings is 1. The number of halogens is 1. The zero-order valence-corrected chi connectivity index (χ0v) is 19.5. The highest BCUT2D eigenvalue weighted by Gasteiger charge is 2.21. The van der Waals surface area contributed by atoms with E-state index >= 15 is 0 Å². The predicted molar refractivity (Wildman–Crippen MR) is 122 cm³/mol. The van der Waals surface area contributed by atoms with Crippen LogP contribution in [0.4, 0.5) is 0 Å². The van der Waals surface area contributed by atoms with Gasteiger partial charge in [0.2, 0.25) is 0 Å². The van der Waals surface area contributed by atoms with E-state index in [4.69, 9.17) is 4.74 Å². The molecule has 0 aliphatic carbocycles. The van der Waals surface area contributed by atoms with Gasteiger partial charge in [0.25, 0.3) is 5.91 Å². The molecule has 1 amide bonds.